The summed E-state index contributed by atoms with van der Waals surface area (Å²) in [6.07, 6.45) is 0.709. The Balaban J connectivity index is 2.32. The largest absolute Gasteiger partial charge is 0.465 e. The molecule has 1 aromatic carbocycles. The molecule has 0 aliphatic heterocycles. The van der Waals surface area contributed by atoms with Crippen molar-refractivity contribution in [3.8, 4) is 0 Å². The van der Waals surface area contributed by atoms with Gasteiger partial charge in [0.15, 0.2) is 5.78 Å². The Bertz CT molecular complexity index is 530. The second-order valence-electron chi connectivity index (χ2n) is 5.02. The molecule has 1 saturated carbocycles. The molecule has 0 N–H and O–H groups in total. The molecule has 1 unspecified atom stereocenters. The van der Waals surface area contributed by atoms with Gasteiger partial charge in [-0.1, -0.05) is 6.07 Å². The summed E-state index contributed by atoms with van der Waals surface area (Å²) in [4.78, 5) is 24.0. The van der Waals surface area contributed by atoms with Gasteiger partial charge < -0.3 is 4.74 Å². The van der Waals surface area contributed by atoms with E-state index in [-0.39, 0.29) is 12.2 Å². The summed E-state index contributed by atoms with van der Waals surface area (Å²) in [7, 11) is 0. The van der Waals surface area contributed by atoms with Crippen molar-refractivity contribution in [1.29, 1.82) is 0 Å². The summed E-state index contributed by atoms with van der Waals surface area (Å²) in [5.41, 5.74) is -1.43. The van der Waals surface area contributed by atoms with Gasteiger partial charge in [0, 0.05) is 5.56 Å². The van der Waals surface area contributed by atoms with Gasteiger partial charge >= 0.3 is 5.97 Å². The summed E-state index contributed by atoms with van der Waals surface area (Å²) in [6, 6.07) is 3.51. The molecule has 0 saturated heterocycles. The first-order valence-electron chi connectivity index (χ1n) is 6.59. The molecule has 0 heterocycles. The number of halogens is 2. The number of carbonyl (C=O) groups excluding carboxylic acids is 2. The van der Waals surface area contributed by atoms with Crippen molar-refractivity contribution in [1.82, 2.24) is 0 Å². The number of hydrogen-bond donors (Lipinski definition) is 0. The van der Waals surface area contributed by atoms with E-state index < -0.39 is 34.7 Å². The molecule has 0 amide bonds. The van der Waals surface area contributed by atoms with Crippen molar-refractivity contribution in [2.45, 2.75) is 32.1 Å². The van der Waals surface area contributed by atoms with Gasteiger partial charge in [-0.2, -0.15) is 0 Å². The SMILES string of the molecule is CCOC(=O)C(C)C(=O)C1(c2c(F)cccc2F)CC1. The lowest BCUT2D eigenvalue weighted by atomic mass is 9.84. The molecule has 0 bridgehead atoms. The monoisotopic (exact) mass is 282 g/mol. The van der Waals surface area contributed by atoms with Gasteiger partial charge in [0.25, 0.3) is 0 Å². The molecule has 1 aliphatic carbocycles. The summed E-state index contributed by atoms with van der Waals surface area (Å²) in [5.74, 6) is -3.63. The topological polar surface area (TPSA) is 43.4 Å². The molecular weight excluding hydrogens is 266 g/mol. The first-order chi connectivity index (χ1) is 9.44. The van der Waals surface area contributed by atoms with Gasteiger partial charge in [-0.3, -0.25) is 9.59 Å². The highest BCUT2D eigenvalue weighted by molar-refractivity contribution is 6.06. The Kier molecular flexibility index (Phi) is 3.88. The summed E-state index contributed by atoms with van der Waals surface area (Å²) >= 11 is 0. The first-order valence-corrected chi connectivity index (χ1v) is 6.59. The predicted octanol–water partition coefficient (Wildman–Crippen LogP) is 2.76. The second kappa shape index (κ2) is 5.31. The fraction of sp³-hybridized carbons (Fsp3) is 0.467. The highest BCUT2D eigenvalue weighted by atomic mass is 19.1. The summed E-state index contributed by atoms with van der Waals surface area (Å²) < 4.78 is 32.5. The minimum atomic E-state index is -1.21. The van der Waals surface area contributed by atoms with Crippen LogP contribution in [0.5, 0.6) is 0 Å². The molecule has 2 rings (SSSR count). The highest BCUT2D eigenvalue weighted by Gasteiger charge is 2.56. The average Bonchev–Trinajstić information content (AvgIpc) is 3.18. The maximum Gasteiger partial charge on any atom is 0.316 e. The lowest BCUT2D eigenvalue weighted by molar-refractivity contribution is -0.151. The number of Topliss-reactive ketones (excluding diaryl/α,β-unsaturated/α-hetero) is 1. The smallest absolute Gasteiger partial charge is 0.316 e. The van der Waals surface area contributed by atoms with Crippen LogP contribution in [-0.4, -0.2) is 18.4 Å². The molecule has 1 aromatic rings. The predicted molar refractivity (Wildman–Crippen MR) is 68.1 cm³/mol. The van der Waals surface area contributed by atoms with Crippen molar-refractivity contribution < 1.29 is 23.1 Å². The van der Waals surface area contributed by atoms with E-state index in [9.17, 15) is 18.4 Å². The van der Waals surface area contributed by atoms with E-state index in [1.54, 1.807) is 6.92 Å². The third-order valence-electron chi connectivity index (χ3n) is 3.70. The Hall–Kier alpha value is -1.78. The molecule has 0 radical (unpaired) electrons. The molecule has 3 nitrogen and oxygen atoms in total. The molecular formula is C15H16F2O3. The molecule has 5 heteroatoms. The van der Waals surface area contributed by atoms with Crippen LogP contribution in [0, 0.1) is 17.6 Å². The Morgan fingerprint density at radius 1 is 1.30 bits per heavy atom. The Labute approximate surface area is 115 Å². The number of esters is 1. The third kappa shape index (κ3) is 2.32. The van der Waals surface area contributed by atoms with Crippen LogP contribution in [0.4, 0.5) is 8.78 Å². The zero-order valence-electron chi connectivity index (χ0n) is 11.4. The van der Waals surface area contributed by atoms with Crippen molar-refractivity contribution in [3.63, 3.8) is 0 Å². The van der Waals surface area contributed by atoms with Gasteiger partial charge in [0.1, 0.15) is 17.6 Å². The Morgan fingerprint density at radius 3 is 2.30 bits per heavy atom. The molecule has 20 heavy (non-hydrogen) atoms. The summed E-state index contributed by atoms with van der Waals surface area (Å²) in [5, 5.41) is 0. The number of ketones is 1. The minimum Gasteiger partial charge on any atom is -0.465 e. The van der Waals surface area contributed by atoms with E-state index in [1.165, 1.54) is 13.0 Å². The van der Waals surface area contributed by atoms with Crippen molar-refractivity contribution in [2.24, 2.45) is 5.92 Å². The van der Waals surface area contributed by atoms with Gasteiger partial charge in [-0.05, 0) is 38.8 Å². The average molecular weight is 282 g/mol. The zero-order chi connectivity index (χ0) is 14.9. The molecule has 0 spiro atoms. The van der Waals surface area contributed by atoms with Crippen LogP contribution in [0.25, 0.3) is 0 Å². The minimum absolute atomic E-state index is 0.164. The Morgan fingerprint density at radius 2 is 1.85 bits per heavy atom. The van der Waals surface area contributed by atoms with Crippen molar-refractivity contribution in [2.75, 3.05) is 6.61 Å². The molecule has 1 aliphatic rings. The van der Waals surface area contributed by atoms with Crippen LogP contribution in [0.15, 0.2) is 18.2 Å². The maximum atomic E-state index is 13.9. The maximum absolute atomic E-state index is 13.9. The van der Waals surface area contributed by atoms with Crippen LogP contribution in [-0.2, 0) is 19.7 Å². The number of carbonyl (C=O) groups is 2. The lowest BCUT2D eigenvalue weighted by Gasteiger charge is -2.19. The molecule has 1 atom stereocenters. The number of ether oxygens (including phenoxy) is 1. The lowest BCUT2D eigenvalue weighted by Crippen LogP contribution is -2.34. The van der Waals surface area contributed by atoms with E-state index in [0.29, 0.717) is 12.8 Å². The number of hydrogen-bond acceptors (Lipinski definition) is 3. The second-order valence-corrected chi connectivity index (χ2v) is 5.02. The van der Waals surface area contributed by atoms with Crippen LogP contribution in [0.3, 0.4) is 0 Å². The van der Waals surface area contributed by atoms with E-state index >= 15 is 0 Å². The van der Waals surface area contributed by atoms with Gasteiger partial charge in [-0.15, -0.1) is 0 Å². The van der Waals surface area contributed by atoms with Crippen molar-refractivity contribution in [3.05, 3.63) is 35.4 Å². The summed E-state index contributed by atoms with van der Waals surface area (Å²) in [6.45, 7) is 3.22. The van der Waals surface area contributed by atoms with Crippen LogP contribution >= 0.6 is 0 Å². The quantitative estimate of drug-likeness (QED) is 0.616. The fourth-order valence-corrected chi connectivity index (χ4v) is 2.49. The van der Waals surface area contributed by atoms with Crippen LogP contribution < -0.4 is 0 Å². The van der Waals surface area contributed by atoms with E-state index in [0.717, 1.165) is 12.1 Å². The molecule has 1 fully saturated rings. The first kappa shape index (κ1) is 14.6. The highest BCUT2D eigenvalue weighted by Crippen LogP contribution is 2.52. The number of benzene rings is 1. The fourth-order valence-electron chi connectivity index (χ4n) is 2.49. The van der Waals surface area contributed by atoms with Crippen molar-refractivity contribution >= 4 is 11.8 Å². The third-order valence-corrected chi connectivity index (χ3v) is 3.70. The van der Waals surface area contributed by atoms with E-state index in [2.05, 4.69) is 0 Å². The van der Waals surface area contributed by atoms with Crippen LogP contribution in [0.2, 0.25) is 0 Å². The van der Waals surface area contributed by atoms with E-state index in [4.69, 9.17) is 4.74 Å². The standard InChI is InChI=1S/C15H16F2O3/c1-3-20-14(19)9(2)13(18)15(7-8-15)12-10(16)5-4-6-11(12)17/h4-6,9H,3,7-8H2,1-2H3. The van der Waals surface area contributed by atoms with Gasteiger partial charge in [0.2, 0.25) is 0 Å². The zero-order valence-corrected chi connectivity index (χ0v) is 11.4. The van der Waals surface area contributed by atoms with E-state index in [1.807, 2.05) is 0 Å². The van der Waals surface area contributed by atoms with Crippen LogP contribution in [0.1, 0.15) is 32.3 Å². The molecule has 108 valence electrons. The normalized spacial score (nSPS) is 17.4. The number of rotatable bonds is 5. The van der Waals surface area contributed by atoms with Gasteiger partial charge in [-0.25, -0.2) is 8.78 Å². The van der Waals surface area contributed by atoms with Gasteiger partial charge in [0.05, 0.1) is 12.0 Å². The molecule has 0 aromatic heterocycles.